The number of aliphatic hydroxyl groups excluding tert-OH is 1. The Kier molecular flexibility index (Phi) is 15.7. The Hall–Kier alpha value is -3.28. The summed E-state index contributed by atoms with van der Waals surface area (Å²) in [5, 5.41) is 8.65. The van der Waals surface area contributed by atoms with Crippen molar-refractivity contribution in [1.82, 2.24) is 0 Å². The molecule has 0 amide bonds. The minimum Gasteiger partial charge on any atom is -0.512 e. The molecule has 0 fully saturated rings. The molecule has 0 saturated heterocycles. The van der Waals surface area contributed by atoms with Crippen LogP contribution in [0.3, 0.4) is 0 Å². The number of allylic oxidation sites excluding steroid dienone is 7. The Bertz CT molecular complexity index is 1040. The maximum Gasteiger partial charge on any atom is 0.416 e. The van der Waals surface area contributed by atoms with Gasteiger partial charge in [-0.15, -0.1) is 0 Å². The first kappa shape index (κ1) is 33.7. The number of alkyl halides is 3. The van der Waals surface area contributed by atoms with Crippen molar-refractivity contribution in [2.75, 3.05) is 0 Å². The Labute approximate surface area is 220 Å². The molecule has 0 spiro atoms. The molecule has 0 radical (unpaired) electrons. The van der Waals surface area contributed by atoms with Crippen LogP contribution in [0, 0.1) is 0 Å². The van der Waals surface area contributed by atoms with Crippen LogP contribution in [0.2, 0.25) is 0 Å². The number of benzene rings is 1. The predicted molar refractivity (Wildman–Crippen MR) is 147 cm³/mol. The summed E-state index contributed by atoms with van der Waals surface area (Å²) in [7, 11) is 0. The first-order chi connectivity index (χ1) is 17.3. The maximum atomic E-state index is 12.7. The fourth-order valence-corrected chi connectivity index (χ4v) is 3.30. The average molecular weight is 519 g/mol. The minimum atomic E-state index is -4.40. The Balaban J connectivity index is 0.000000566. The van der Waals surface area contributed by atoms with Gasteiger partial charge in [0, 0.05) is 11.1 Å². The molecule has 0 aliphatic rings. The third-order valence-electron chi connectivity index (χ3n) is 5.70. The van der Waals surface area contributed by atoms with E-state index in [0.29, 0.717) is 16.7 Å². The zero-order valence-electron chi connectivity index (χ0n) is 23.1. The van der Waals surface area contributed by atoms with Crippen molar-refractivity contribution in [2.24, 2.45) is 0 Å². The fourth-order valence-electron chi connectivity index (χ4n) is 3.30. The van der Waals surface area contributed by atoms with Gasteiger partial charge in [0.25, 0.3) is 0 Å². The Morgan fingerprint density at radius 3 is 2.00 bits per heavy atom. The number of Topliss-reactive ketones (excluding diaryl/α,β-unsaturated/α-hetero) is 1. The molecule has 0 bridgehead atoms. The van der Waals surface area contributed by atoms with Crippen LogP contribution < -0.4 is 0 Å². The molecule has 1 atom stereocenters. The third kappa shape index (κ3) is 13.0. The average Bonchev–Trinajstić information content (AvgIpc) is 3.37. The first-order valence-corrected chi connectivity index (χ1v) is 12.4. The van der Waals surface area contributed by atoms with Crippen molar-refractivity contribution >= 4 is 11.4 Å². The molecular formula is C31H41F3O3. The lowest BCUT2D eigenvalue weighted by Gasteiger charge is -2.13. The molecule has 1 aromatic carbocycles. The highest BCUT2D eigenvalue weighted by atomic mass is 19.4. The molecule has 6 heteroatoms. The summed E-state index contributed by atoms with van der Waals surface area (Å²) in [6.45, 7) is 15.4. The van der Waals surface area contributed by atoms with Crippen molar-refractivity contribution in [3.8, 4) is 0 Å². The van der Waals surface area contributed by atoms with E-state index in [-0.39, 0.29) is 17.1 Å². The van der Waals surface area contributed by atoms with Gasteiger partial charge in [0.05, 0.1) is 23.9 Å². The van der Waals surface area contributed by atoms with Gasteiger partial charge in [0.1, 0.15) is 0 Å². The monoisotopic (exact) mass is 518 g/mol. The van der Waals surface area contributed by atoms with Crippen LogP contribution >= 0.6 is 0 Å². The molecule has 1 aromatic heterocycles. The van der Waals surface area contributed by atoms with Gasteiger partial charge >= 0.3 is 6.18 Å². The lowest BCUT2D eigenvalue weighted by atomic mass is 9.92. The largest absolute Gasteiger partial charge is 0.512 e. The first-order valence-electron chi connectivity index (χ1n) is 12.4. The zero-order chi connectivity index (χ0) is 28.6. The van der Waals surface area contributed by atoms with Crippen molar-refractivity contribution < 1.29 is 27.5 Å². The summed E-state index contributed by atoms with van der Waals surface area (Å²) in [5.41, 5.74) is 2.25. The van der Waals surface area contributed by atoms with Crippen LogP contribution in [0.15, 0.2) is 94.6 Å². The smallest absolute Gasteiger partial charge is 0.416 e. The Morgan fingerprint density at radius 2 is 1.68 bits per heavy atom. The van der Waals surface area contributed by atoms with Gasteiger partial charge < -0.3 is 9.52 Å². The highest BCUT2D eigenvalue weighted by Gasteiger charge is 2.34. The molecule has 1 N–H and O–H groups in total. The number of furan rings is 1. The number of hydrogen-bond donors (Lipinski definition) is 1. The van der Waals surface area contributed by atoms with Gasteiger partial charge in [-0.1, -0.05) is 63.3 Å². The lowest BCUT2D eigenvalue weighted by molar-refractivity contribution is -0.113. The molecule has 204 valence electrons. The lowest BCUT2D eigenvalue weighted by Crippen LogP contribution is -2.12. The van der Waals surface area contributed by atoms with Gasteiger partial charge in [-0.3, -0.25) is 4.79 Å². The predicted octanol–water partition coefficient (Wildman–Crippen LogP) is 10.2. The fraction of sp³-hybridized carbons (Fsp3) is 0.387. The maximum absolute atomic E-state index is 12.7. The van der Waals surface area contributed by atoms with Gasteiger partial charge in [0.15, 0.2) is 5.78 Å². The van der Waals surface area contributed by atoms with Crippen LogP contribution in [0.1, 0.15) is 84.8 Å². The summed E-state index contributed by atoms with van der Waals surface area (Å²) in [5.74, 6) is 0.804. The van der Waals surface area contributed by atoms with E-state index in [1.807, 2.05) is 0 Å². The molecule has 0 saturated carbocycles. The van der Waals surface area contributed by atoms with E-state index < -0.39 is 11.7 Å². The van der Waals surface area contributed by atoms with E-state index in [2.05, 4.69) is 50.8 Å². The molecule has 2 rings (SSSR count). The van der Waals surface area contributed by atoms with Crippen molar-refractivity contribution in [2.45, 2.75) is 79.8 Å². The Morgan fingerprint density at radius 1 is 1.08 bits per heavy atom. The van der Waals surface area contributed by atoms with Crippen LogP contribution in [-0.4, -0.2) is 17.1 Å². The van der Waals surface area contributed by atoms with Crippen LogP contribution in [-0.2, 0) is 4.79 Å². The summed E-state index contributed by atoms with van der Waals surface area (Å²) >= 11 is 0. The van der Waals surface area contributed by atoms with Crippen molar-refractivity contribution in [1.29, 1.82) is 0 Å². The van der Waals surface area contributed by atoms with Crippen molar-refractivity contribution in [3.05, 3.63) is 101 Å². The standard InChI is InChI=1S/C13H13F3O.C12H18.C6H10O2/c1-4-10(11-5-6-17-8-11)7-12(9(2)3)13(14,15)16;1-3-8-11(4-2)12-9-6-5-7-10-12;1-4(5(2)7)6(3)8/h4-8H,2H2,1,3H3;5-7,9-11H,3-4,8H2,1-2H3;7H,1-3H3/b10-4+,12-7+;;5-4-. The number of halogens is 3. The molecular weight excluding hydrogens is 477 g/mol. The van der Waals surface area contributed by atoms with Crippen molar-refractivity contribution in [3.63, 3.8) is 0 Å². The van der Waals surface area contributed by atoms with Crippen LogP contribution in [0.5, 0.6) is 0 Å². The number of aliphatic hydroxyl groups is 1. The van der Waals surface area contributed by atoms with Gasteiger partial charge in [-0.25, -0.2) is 0 Å². The minimum absolute atomic E-state index is 0.0136. The topological polar surface area (TPSA) is 50.4 Å². The van der Waals surface area contributed by atoms with E-state index in [4.69, 9.17) is 9.52 Å². The molecule has 37 heavy (non-hydrogen) atoms. The summed E-state index contributed by atoms with van der Waals surface area (Å²) in [6.07, 6.45) is 4.96. The van der Waals surface area contributed by atoms with Gasteiger partial charge in [0.2, 0.25) is 0 Å². The summed E-state index contributed by atoms with van der Waals surface area (Å²) in [6, 6.07) is 12.4. The summed E-state index contributed by atoms with van der Waals surface area (Å²) in [4.78, 5) is 10.4. The number of ketones is 1. The normalized spacial score (nSPS) is 13.4. The zero-order valence-corrected chi connectivity index (χ0v) is 23.1. The highest BCUT2D eigenvalue weighted by Crippen LogP contribution is 2.33. The van der Waals surface area contributed by atoms with Crippen LogP contribution in [0.25, 0.3) is 5.57 Å². The van der Waals surface area contributed by atoms with Gasteiger partial charge in [-0.05, 0) is 82.2 Å². The quantitative estimate of drug-likeness (QED) is 0.215. The highest BCUT2D eigenvalue weighted by molar-refractivity contribution is 5.92. The SMILES string of the molecule is C=C(C)/C(=C\C(=C/C)c1ccoc1)C(F)(F)F.CC(=O)/C(C)=C(/C)O.CCCC(CC)c1ccccc1. The molecule has 3 nitrogen and oxygen atoms in total. The second kappa shape index (κ2) is 17.2. The van der Waals surface area contributed by atoms with E-state index in [1.54, 1.807) is 26.0 Å². The van der Waals surface area contributed by atoms with E-state index in [9.17, 15) is 18.0 Å². The number of carbonyl (C=O) groups is 1. The second-order valence-corrected chi connectivity index (χ2v) is 8.66. The number of rotatable bonds is 8. The molecule has 2 aromatic rings. The van der Waals surface area contributed by atoms with E-state index in [0.717, 1.165) is 12.0 Å². The summed E-state index contributed by atoms with van der Waals surface area (Å²) < 4.78 is 43.0. The molecule has 1 unspecified atom stereocenters. The molecule has 0 aliphatic heterocycles. The molecule has 0 aliphatic carbocycles. The number of carbonyl (C=O) groups excluding carboxylic acids is 1. The van der Waals surface area contributed by atoms with Gasteiger partial charge in [-0.2, -0.15) is 13.2 Å². The van der Waals surface area contributed by atoms with E-state index in [1.165, 1.54) is 58.1 Å². The second-order valence-electron chi connectivity index (χ2n) is 8.66. The van der Waals surface area contributed by atoms with Crippen LogP contribution in [0.4, 0.5) is 13.2 Å². The number of hydrogen-bond acceptors (Lipinski definition) is 3. The third-order valence-corrected chi connectivity index (χ3v) is 5.70. The van der Waals surface area contributed by atoms with E-state index >= 15 is 0 Å². The molecule has 1 heterocycles.